The summed E-state index contributed by atoms with van der Waals surface area (Å²) >= 11 is 0. The van der Waals surface area contributed by atoms with Gasteiger partial charge in [0, 0.05) is 5.41 Å². The van der Waals surface area contributed by atoms with E-state index >= 15 is 0 Å². The van der Waals surface area contributed by atoms with Gasteiger partial charge in [0.15, 0.2) is 5.78 Å². The van der Waals surface area contributed by atoms with Crippen molar-refractivity contribution in [3.63, 3.8) is 0 Å². The van der Waals surface area contributed by atoms with Crippen molar-refractivity contribution in [2.45, 2.75) is 39.0 Å². The van der Waals surface area contributed by atoms with E-state index in [9.17, 15) is 4.79 Å². The van der Waals surface area contributed by atoms with Crippen molar-refractivity contribution in [2.75, 3.05) is 0 Å². The van der Waals surface area contributed by atoms with Gasteiger partial charge >= 0.3 is 0 Å². The van der Waals surface area contributed by atoms with Crippen LogP contribution in [0.5, 0.6) is 0 Å². The lowest BCUT2D eigenvalue weighted by Gasteiger charge is -2.39. The molecule has 1 nitrogen and oxygen atoms in total. The molecule has 2 aromatic rings. The van der Waals surface area contributed by atoms with E-state index in [-0.39, 0.29) is 10.8 Å². The van der Waals surface area contributed by atoms with E-state index in [0.717, 1.165) is 24.0 Å². The number of benzene rings is 2. The number of ketones is 1. The molecule has 0 amide bonds. The summed E-state index contributed by atoms with van der Waals surface area (Å²) in [5.41, 5.74) is 1.63. The van der Waals surface area contributed by atoms with E-state index in [4.69, 9.17) is 0 Å². The molecule has 0 spiro atoms. The third-order valence-electron chi connectivity index (χ3n) is 7.07. The molecule has 2 aromatic carbocycles. The molecule has 2 saturated carbocycles. The number of carbonyl (C=O) groups excluding carboxylic acids is 1. The van der Waals surface area contributed by atoms with Crippen LogP contribution in [0.2, 0.25) is 0 Å². The van der Waals surface area contributed by atoms with Crippen molar-refractivity contribution >= 4 is 5.78 Å². The van der Waals surface area contributed by atoms with Gasteiger partial charge in [0.05, 0.1) is 5.41 Å². The molecule has 118 valence electrons. The Labute approximate surface area is 138 Å². The zero-order chi connectivity index (χ0) is 16.3. The summed E-state index contributed by atoms with van der Waals surface area (Å²) < 4.78 is 0. The second-order valence-electron chi connectivity index (χ2n) is 8.01. The van der Waals surface area contributed by atoms with Gasteiger partial charge in [0.2, 0.25) is 0 Å². The van der Waals surface area contributed by atoms with Crippen LogP contribution in [0.4, 0.5) is 0 Å². The summed E-state index contributed by atoms with van der Waals surface area (Å²) in [7, 11) is 0. The maximum absolute atomic E-state index is 13.8. The molecule has 2 bridgehead atoms. The minimum Gasteiger partial charge on any atom is -0.298 e. The van der Waals surface area contributed by atoms with E-state index in [1.807, 2.05) is 12.1 Å². The summed E-state index contributed by atoms with van der Waals surface area (Å²) in [4.78, 5) is 13.8. The van der Waals surface area contributed by atoms with Gasteiger partial charge in [-0.3, -0.25) is 4.79 Å². The third-order valence-corrected chi connectivity index (χ3v) is 7.07. The minimum atomic E-state index is -0.487. The highest BCUT2D eigenvalue weighted by Gasteiger charge is 2.73. The van der Waals surface area contributed by atoms with Gasteiger partial charge in [0.1, 0.15) is 0 Å². The van der Waals surface area contributed by atoms with Crippen LogP contribution in [0.3, 0.4) is 0 Å². The number of Topliss-reactive ketones (excluding diaryl/α,β-unsaturated/α-hetero) is 1. The van der Waals surface area contributed by atoms with Gasteiger partial charge in [-0.2, -0.15) is 0 Å². The van der Waals surface area contributed by atoms with Crippen molar-refractivity contribution < 1.29 is 4.79 Å². The molecule has 2 aliphatic carbocycles. The van der Waals surface area contributed by atoms with Crippen molar-refractivity contribution in [3.8, 4) is 0 Å². The van der Waals surface area contributed by atoms with Crippen molar-refractivity contribution in [2.24, 2.45) is 16.7 Å². The first-order valence-electron chi connectivity index (χ1n) is 8.61. The van der Waals surface area contributed by atoms with Gasteiger partial charge < -0.3 is 0 Å². The summed E-state index contributed by atoms with van der Waals surface area (Å²) in [6, 6.07) is 20.9. The molecule has 0 aliphatic heterocycles. The van der Waals surface area contributed by atoms with Crippen LogP contribution in [-0.2, 0) is 10.2 Å². The average Bonchev–Trinajstić information content (AvgIpc) is 2.88. The first-order chi connectivity index (χ1) is 11.0. The highest BCUT2D eigenvalue weighted by molar-refractivity contribution is 6.02. The molecule has 0 heterocycles. The summed E-state index contributed by atoms with van der Waals surface area (Å²) in [5.74, 6) is 0.779. The highest BCUT2D eigenvalue weighted by Crippen LogP contribution is 2.71. The molecule has 0 aromatic heterocycles. The smallest absolute Gasteiger partial charge is 0.154 e. The maximum atomic E-state index is 13.8. The fraction of sp³-hybridized carbons (Fsp3) is 0.409. The van der Waals surface area contributed by atoms with Crippen LogP contribution in [0.15, 0.2) is 60.7 Å². The number of hydrogen-bond acceptors (Lipinski definition) is 1. The number of fused-ring (bicyclic) bond motifs is 2. The van der Waals surface area contributed by atoms with Crippen LogP contribution in [0.1, 0.15) is 44.7 Å². The van der Waals surface area contributed by atoms with Crippen LogP contribution < -0.4 is 0 Å². The predicted octanol–water partition coefficient (Wildman–Crippen LogP) is 5.00. The molecule has 0 radical (unpaired) electrons. The predicted molar refractivity (Wildman–Crippen MR) is 93.3 cm³/mol. The van der Waals surface area contributed by atoms with Gasteiger partial charge in [-0.1, -0.05) is 81.4 Å². The second kappa shape index (κ2) is 4.56. The largest absolute Gasteiger partial charge is 0.298 e. The second-order valence-corrected chi connectivity index (χ2v) is 8.01. The Morgan fingerprint density at radius 1 is 0.826 bits per heavy atom. The molecular formula is C22H24O. The van der Waals surface area contributed by atoms with Crippen LogP contribution >= 0.6 is 0 Å². The van der Waals surface area contributed by atoms with Crippen molar-refractivity contribution in [1.82, 2.24) is 0 Å². The first-order valence-corrected chi connectivity index (χ1v) is 8.61. The fourth-order valence-corrected chi connectivity index (χ4v) is 5.49. The van der Waals surface area contributed by atoms with Gasteiger partial charge in [0.25, 0.3) is 0 Å². The third kappa shape index (κ3) is 1.56. The normalized spacial score (nSPS) is 30.6. The minimum absolute atomic E-state index is 0.0236. The van der Waals surface area contributed by atoms with Gasteiger partial charge in [-0.25, -0.2) is 0 Å². The molecule has 2 atom stereocenters. The first kappa shape index (κ1) is 14.7. The van der Waals surface area contributed by atoms with E-state index < -0.39 is 5.41 Å². The summed E-state index contributed by atoms with van der Waals surface area (Å²) in [5, 5.41) is 0. The molecule has 23 heavy (non-hydrogen) atoms. The highest BCUT2D eigenvalue weighted by atomic mass is 16.1. The monoisotopic (exact) mass is 304 g/mol. The Bertz CT molecular complexity index is 705. The molecule has 0 saturated heterocycles. The van der Waals surface area contributed by atoms with Crippen LogP contribution in [0, 0.1) is 16.7 Å². The van der Waals surface area contributed by atoms with E-state index in [2.05, 4.69) is 69.3 Å². The SMILES string of the molecule is CC12CCC(C(c3ccccc3)(c3ccccc3)C1=O)C2(C)C. The molecule has 0 N–H and O–H groups in total. The van der Waals surface area contributed by atoms with Crippen molar-refractivity contribution in [1.29, 1.82) is 0 Å². The van der Waals surface area contributed by atoms with E-state index in [1.165, 1.54) is 0 Å². The Morgan fingerprint density at radius 2 is 1.30 bits per heavy atom. The quantitative estimate of drug-likeness (QED) is 0.763. The number of rotatable bonds is 2. The van der Waals surface area contributed by atoms with E-state index in [1.54, 1.807) is 0 Å². The topological polar surface area (TPSA) is 17.1 Å². The lowest BCUT2D eigenvalue weighted by molar-refractivity contribution is -0.132. The number of carbonyl (C=O) groups is 1. The molecule has 2 fully saturated rings. The molecular weight excluding hydrogens is 280 g/mol. The molecule has 2 aliphatic rings. The lowest BCUT2D eigenvalue weighted by atomic mass is 9.61. The Hall–Kier alpha value is -1.89. The fourth-order valence-electron chi connectivity index (χ4n) is 5.49. The van der Waals surface area contributed by atoms with Crippen LogP contribution in [-0.4, -0.2) is 5.78 Å². The maximum Gasteiger partial charge on any atom is 0.154 e. The average molecular weight is 304 g/mol. The van der Waals surface area contributed by atoms with Gasteiger partial charge in [-0.05, 0) is 35.3 Å². The standard InChI is InChI=1S/C22H24O/c1-20(2)18-14-15-21(20,3)19(23)22(18,16-10-6-4-7-11-16)17-12-8-5-9-13-17/h4-13,18H,14-15H2,1-3H3. The Morgan fingerprint density at radius 3 is 1.70 bits per heavy atom. The van der Waals surface area contributed by atoms with Crippen molar-refractivity contribution in [3.05, 3.63) is 71.8 Å². The van der Waals surface area contributed by atoms with E-state index in [0.29, 0.717) is 11.7 Å². The summed E-state index contributed by atoms with van der Waals surface area (Å²) in [6.07, 6.45) is 2.14. The summed E-state index contributed by atoms with van der Waals surface area (Å²) in [6.45, 7) is 6.80. The Balaban J connectivity index is 2.06. The molecule has 1 heteroatoms. The molecule has 4 rings (SSSR count). The van der Waals surface area contributed by atoms with Crippen LogP contribution in [0.25, 0.3) is 0 Å². The zero-order valence-corrected chi connectivity index (χ0v) is 14.2. The van der Waals surface area contributed by atoms with Gasteiger partial charge in [-0.15, -0.1) is 0 Å². The Kier molecular flexibility index (Phi) is 2.91. The number of hydrogen-bond donors (Lipinski definition) is 0. The lowest BCUT2D eigenvalue weighted by Crippen LogP contribution is -2.44. The molecule has 2 unspecified atom stereocenters. The zero-order valence-electron chi connectivity index (χ0n) is 14.2.